The quantitative estimate of drug-likeness (QED) is 0.711. The van der Waals surface area contributed by atoms with Crippen molar-refractivity contribution in [1.82, 2.24) is 0 Å². The summed E-state index contributed by atoms with van der Waals surface area (Å²) in [6.07, 6.45) is 0. The lowest BCUT2D eigenvalue weighted by atomic mass is 10.2. The number of ether oxygens (including phenoxy) is 2. The van der Waals surface area contributed by atoms with E-state index in [9.17, 15) is 0 Å². The lowest BCUT2D eigenvalue weighted by Crippen LogP contribution is -2.36. The van der Waals surface area contributed by atoms with Crippen molar-refractivity contribution in [3.05, 3.63) is 31.4 Å². The highest BCUT2D eigenvalue weighted by Crippen LogP contribution is 2.19. The molecule has 1 radical (unpaired) electrons. The molecule has 0 atom stereocenters. The van der Waals surface area contributed by atoms with Crippen LogP contribution in [0.1, 0.15) is 0 Å². The van der Waals surface area contributed by atoms with E-state index in [1.165, 1.54) is 5.69 Å². The van der Waals surface area contributed by atoms with Gasteiger partial charge in [0.15, 0.2) is 0 Å². The Kier molecular flexibility index (Phi) is 2.89. The van der Waals surface area contributed by atoms with Gasteiger partial charge < -0.3 is 14.4 Å². The van der Waals surface area contributed by atoms with Gasteiger partial charge in [-0.15, -0.1) is 0 Å². The molecule has 0 saturated carbocycles. The van der Waals surface area contributed by atoms with Crippen molar-refractivity contribution in [2.45, 2.75) is 0 Å². The van der Waals surface area contributed by atoms with Crippen molar-refractivity contribution < 1.29 is 9.47 Å². The average Bonchev–Trinajstić information content (AvgIpc) is 2.30. The number of rotatable bonds is 2. The van der Waals surface area contributed by atoms with E-state index in [-0.39, 0.29) is 0 Å². The van der Waals surface area contributed by atoms with E-state index in [1.807, 2.05) is 24.3 Å². The Bertz CT molecular complexity index is 278. The molecule has 0 N–H and O–H groups in total. The first-order chi connectivity index (χ1) is 6.90. The van der Waals surface area contributed by atoms with E-state index in [4.69, 9.17) is 9.47 Å². The summed E-state index contributed by atoms with van der Waals surface area (Å²) in [7, 11) is 3.36. The molecular formula is C11H14NO2. The summed E-state index contributed by atoms with van der Waals surface area (Å²) in [4.78, 5) is 2.30. The van der Waals surface area contributed by atoms with Crippen LogP contribution >= 0.6 is 0 Å². The van der Waals surface area contributed by atoms with Crippen LogP contribution < -0.4 is 9.64 Å². The molecule has 0 aliphatic carbocycles. The minimum absolute atomic E-state index is 0.794. The van der Waals surface area contributed by atoms with Crippen molar-refractivity contribution in [1.29, 1.82) is 0 Å². The molecule has 3 nitrogen and oxygen atoms in total. The van der Waals surface area contributed by atoms with Crippen LogP contribution in [0.15, 0.2) is 24.3 Å². The summed E-state index contributed by atoms with van der Waals surface area (Å²) < 4.78 is 10.2. The van der Waals surface area contributed by atoms with Gasteiger partial charge in [-0.05, 0) is 24.3 Å². The Hall–Kier alpha value is -1.22. The zero-order valence-corrected chi connectivity index (χ0v) is 8.11. The number of anilines is 1. The lowest BCUT2D eigenvalue weighted by Gasteiger charge is -2.28. The third kappa shape index (κ3) is 1.99. The average molecular weight is 192 g/mol. The normalized spacial score (nSPS) is 16.8. The predicted octanol–water partition coefficient (Wildman–Crippen LogP) is 1.69. The second kappa shape index (κ2) is 4.33. The van der Waals surface area contributed by atoms with Crippen molar-refractivity contribution in [3.8, 4) is 5.75 Å². The number of benzene rings is 1. The fraction of sp³-hybridized carbons (Fsp3) is 0.364. The topological polar surface area (TPSA) is 21.7 Å². The van der Waals surface area contributed by atoms with Crippen LogP contribution in [0, 0.1) is 7.11 Å². The van der Waals surface area contributed by atoms with Gasteiger partial charge in [0, 0.05) is 18.8 Å². The predicted molar refractivity (Wildman–Crippen MR) is 55.5 cm³/mol. The Morgan fingerprint density at radius 3 is 2.36 bits per heavy atom. The number of hydrogen-bond donors (Lipinski definition) is 0. The van der Waals surface area contributed by atoms with Crippen LogP contribution in [0.5, 0.6) is 5.75 Å². The van der Waals surface area contributed by atoms with Crippen LogP contribution in [0.2, 0.25) is 0 Å². The third-order valence-electron chi connectivity index (χ3n) is 2.38. The summed E-state index contributed by atoms with van der Waals surface area (Å²) >= 11 is 0. The zero-order chi connectivity index (χ0) is 9.80. The molecule has 2 rings (SSSR count). The molecule has 1 fully saturated rings. The van der Waals surface area contributed by atoms with Crippen molar-refractivity contribution in [3.63, 3.8) is 0 Å². The molecule has 0 amide bonds. The van der Waals surface area contributed by atoms with Crippen LogP contribution in [0.4, 0.5) is 5.69 Å². The second-order valence-electron chi connectivity index (χ2n) is 3.24. The molecule has 0 unspecified atom stereocenters. The summed E-state index contributed by atoms with van der Waals surface area (Å²) in [5.41, 5.74) is 1.22. The van der Waals surface area contributed by atoms with Crippen molar-refractivity contribution in [2.75, 3.05) is 31.2 Å². The van der Waals surface area contributed by atoms with E-state index in [2.05, 4.69) is 12.0 Å². The van der Waals surface area contributed by atoms with E-state index < -0.39 is 0 Å². The zero-order valence-electron chi connectivity index (χ0n) is 8.11. The SMILES string of the molecule is [CH2]Oc1ccc(N2CCOCC2)cc1. The molecule has 1 aromatic rings. The van der Waals surface area contributed by atoms with Crippen LogP contribution in [-0.2, 0) is 4.74 Å². The van der Waals surface area contributed by atoms with Gasteiger partial charge in [-0.2, -0.15) is 0 Å². The van der Waals surface area contributed by atoms with E-state index in [0.29, 0.717) is 0 Å². The first-order valence-electron chi connectivity index (χ1n) is 4.75. The molecule has 3 heteroatoms. The molecule has 1 aliphatic heterocycles. The van der Waals surface area contributed by atoms with Gasteiger partial charge in [-0.1, -0.05) is 0 Å². The number of nitrogens with zero attached hydrogens (tertiary/aromatic N) is 1. The number of morpholine rings is 1. The third-order valence-corrected chi connectivity index (χ3v) is 2.38. The summed E-state index contributed by atoms with van der Waals surface area (Å²) in [5, 5.41) is 0. The molecule has 1 saturated heterocycles. The van der Waals surface area contributed by atoms with Crippen molar-refractivity contribution >= 4 is 5.69 Å². The second-order valence-corrected chi connectivity index (χ2v) is 3.24. The Morgan fingerprint density at radius 2 is 1.79 bits per heavy atom. The van der Waals surface area contributed by atoms with Crippen molar-refractivity contribution in [2.24, 2.45) is 0 Å². The minimum Gasteiger partial charge on any atom is -0.490 e. The molecule has 14 heavy (non-hydrogen) atoms. The van der Waals surface area contributed by atoms with E-state index >= 15 is 0 Å². The maximum absolute atomic E-state index is 5.29. The Balaban J connectivity index is 2.07. The van der Waals surface area contributed by atoms with Gasteiger partial charge in [0.2, 0.25) is 0 Å². The van der Waals surface area contributed by atoms with Gasteiger partial charge in [-0.3, -0.25) is 0 Å². The van der Waals surface area contributed by atoms with E-state index in [0.717, 1.165) is 32.1 Å². The largest absolute Gasteiger partial charge is 0.490 e. The monoisotopic (exact) mass is 192 g/mol. The minimum atomic E-state index is 0.794. The molecular weight excluding hydrogens is 178 g/mol. The van der Waals surface area contributed by atoms with Crippen LogP contribution in [-0.4, -0.2) is 26.3 Å². The summed E-state index contributed by atoms with van der Waals surface area (Å²) in [6.45, 7) is 3.55. The fourth-order valence-electron chi connectivity index (χ4n) is 1.57. The Morgan fingerprint density at radius 1 is 1.14 bits per heavy atom. The van der Waals surface area contributed by atoms with E-state index in [1.54, 1.807) is 0 Å². The molecule has 0 aromatic heterocycles. The first kappa shape index (κ1) is 9.34. The van der Waals surface area contributed by atoms with Gasteiger partial charge >= 0.3 is 0 Å². The molecule has 75 valence electrons. The highest BCUT2D eigenvalue weighted by molar-refractivity contribution is 5.49. The van der Waals surface area contributed by atoms with Crippen LogP contribution in [0.25, 0.3) is 0 Å². The summed E-state index contributed by atoms with van der Waals surface area (Å²) in [6, 6.07) is 7.95. The maximum atomic E-state index is 5.29. The molecule has 0 spiro atoms. The fourth-order valence-corrected chi connectivity index (χ4v) is 1.57. The molecule has 0 bridgehead atoms. The standard InChI is InChI=1S/C11H14NO2/c1-13-11-4-2-10(3-5-11)12-6-8-14-9-7-12/h2-5H,1,6-9H2. The van der Waals surface area contributed by atoms with Crippen LogP contribution in [0.3, 0.4) is 0 Å². The highest BCUT2D eigenvalue weighted by atomic mass is 16.5. The molecule has 1 heterocycles. The first-order valence-corrected chi connectivity index (χ1v) is 4.75. The Labute approximate surface area is 84.2 Å². The van der Waals surface area contributed by atoms with Gasteiger partial charge in [-0.25, -0.2) is 0 Å². The number of hydrogen-bond acceptors (Lipinski definition) is 3. The maximum Gasteiger partial charge on any atom is 0.122 e. The van der Waals surface area contributed by atoms with Gasteiger partial charge in [0.1, 0.15) is 12.9 Å². The lowest BCUT2D eigenvalue weighted by molar-refractivity contribution is 0.122. The molecule has 1 aliphatic rings. The highest BCUT2D eigenvalue weighted by Gasteiger charge is 2.10. The molecule has 1 aromatic carbocycles. The smallest absolute Gasteiger partial charge is 0.122 e. The van der Waals surface area contributed by atoms with Gasteiger partial charge in [0.25, 0.3) is 0 Å². The summed E-state index contributed by atoms with van der Waals surface area (Å²) in [5.74, 6) is 0.794. The van der Waals surface area contributed by atoms with Gasteiger partial charge in [0.05, 0.1) is 13.2 Å².